The molecule has 0 saturated carbocycles. The maximum absolute atomic E-state index is 6.30. The second-order valence-electron chi connectivity index (χ2n) is 4.36. The summed E-state index contributed by atoms with van der Waals surface area (Å²) in [7, 11) is 3.38. The van der Waals surface area contributed by atoms with Crippen molar-refractivity contribution < 1.29 is 9.47 Å². The van der Waals surface area contributed by atoms with E-state index in [2.05, 4.69) is 4.90 Å². The van der Waals surface area contributed by atoms with Crippen molar-refractivity contribution in [1.82, 2.24) is 4.90 Å². The first-order valence-electron chi connectivity index (χ1n) is 6.01. The Morgan fingerprint density at radius 3 is 2.83 bits per heavy atom. The SMILES string of the molecule is COCCN1Cc2c(OC)ccc(Cl)c2C1CN. The first-order chi connectivity index (χ1) is 8.72. The fourth-order valence-electron chi connectivity index (χ4n) is 2.54. The molecule has 100 valence electrons. The molecular formula is C13H19ClN2O2. The van der Waals surface area contributed by atoms with Crippen molar-refractivity contribution in [2.75, 3.05) is 33.9 Å². The summed E-state index contributed by atoms with van der Waals surface area (Å²) in [6.45, 7) is 2.88. The molecule has 5 heteroatoms. The molecule has 0 fully saturated rings. The average Bonchev–Trinajstić information content (AvgIpc) is 2.76. The lowest BCUT2D eigenvalue weighted by Gasteiger charge is -2.23. The maximum Gasteiger partial charge on any atom is 0.123 e. The monoisotopic (exact) mass is 270 g/mol. The molecule has 1 atom stereocenters. The number of benzene rings is 1. The molecule has 18 heavy (non-hydrogen) atoms. The Bertz CT molecular complexity index is 426. The molecule has 0 aromatic heterocycles. The molecule has 1 aromatic rings. The lowest BCUT2D eigenvalue weighted by molar-refractivity contribution is 0.127. The Labute approximate surface area is 113 Å². The van der Waals surface area contributed by atoms with Gasteiger partial charge in [-0.1, -0.05) is 11.6 Å². The highest BCUT2D eigenvalue weighted by Gasteiger charge is 2.33. The molecule has 0 aliphatic carbocycles. The Balaban J connectivity index is 2.34. The van der Waals surface area contributed by atoms with Gasteiger partial charge in [-0.05, 0) is 17.7 Å². The number of hydrogen-bond donors (Lipinski definition) is 1. The van der Waals surface area contributed by atoms with Crippen LogP contribution < -0.4 is 10.5 Å². The van der Waals surface area contributed by atoms with Crippen LogP contribution in [0.2, 0.25) is 5.02 Å². The van der Waals surface area contributed by atoms with Gasteiger partial charge in [0.25, 0.3) is 0 Å². The lowest BCUT2D eigenvalue weighted by Crippen LogP contribution is -2.30. The third kappa shape index (κ3) is 2.34. The molecule has 1 aliphatic rings. The van der Waals surface area contributed by atoms with Crippen LogP contribution in [0, 0.1) is 0 Å². The quantitative estimate of drug-likeness (QED) is 0.887. The van der Waals surface area contributed by atoms with E-state index in [4.69, 9.17) is 26.8 Å². The fraction of sp³-hybridized carbons (Fsp3) is 0.538. The summed E-state index contributed by atoms with van der Waals surface area (Å²) in [6, 6.07) is 3.94. The van der Waals surface area contributed by atoms with Crippen LogP contribution in [0.4, 0.5) is 0 Å². The molecule has 4 nitrogen and oxygen atoms in total. The third-order valence-corrected chi connectivity index (χ3v) is 3.75. The van der Waals surface area contributed by atoms with Crippen molar-refractivity contribution in [3.05, 3.63) is 28.3 Å². The van der Waals surface area contributed by atoms with Crippen LogP contribution in [0.5, 0.6) is 5.75 Å². The van der Waals surface area contributed by atoms with Crippen molar-refractivity contribution in [1.29, 1.82) is 0 Å². The molecule has 2 rings (SSSR count). The molecule has 0 amide bonds. The van der Waals surface area contributed by atoms with E-state index in [0.29, 0.717) is 13.2 Å². The first-order valence-corrected chi connectivity index (χ1v) is 6.39. The molecule has 0 spiro atoms. The van der Waals surface area contributed by atoms with E-state index >= 15 is 0 Å². The molecule has 1 aliphatic heterocycles. The van der Waals surface area contributed by atoms with E-state index in [-0.39, 0.29) is 6.04 Å². The fourth-order valence-corrected chi connectivity index (χ4v) is 2.84. The zero-order chi connectivity index (χ0) is 13.1. The molecule has 1 heterocycles. The van der Waals surface area contributed by atoms with E-state index in [0.717, 1.165) is 35.0 Å². The van der Waals surface area contributed by atoms with Gasteiger partial charge in [0.15, 0.2) is 0 Å². The molecular weight excluding hydrogens is 252 g/mol. The Kier molecular flexibility index (Phi) is 4.45. The van der Waals surface area contributed by atoms with Crippen molar-refractivity contribution >= 4 is 11.6 Å². The summed E-state index contributed by atoms with van der Waals surface area (Å²) >= 11 is 6.30. The normalized spacial score (nSPS) is 19.0. The van der Waals surface area contributed by atoms with E-state index in [9.17, 15) is 0 Å². The number of nitrogens with two attached hydrogens (primary N) is 1. The summed E-state index contributed by atoms with van der Waals surface area (Å²) in [5.41, 5.74) is 8.14. The van der Waals surface area contributed by atoms with Gasteiger partial charge in [0.1, 0.15) is 5.75 Å². The Morgan fingerprint density at radius 1 is 1.44 bits per heavy atom. The third-order valence-electron chi connectivity index (χ3n) is 3.42. The number of rotatable bonds is 5. The van der Waals surface area contributed by atoms with Crippen LogP contribution in [0.15, 0.2) is 12.1 Å². The van der Waals surface area contributed by atoms with Crippen LogP contribution >= 0.6 is 11.6 Å². The minimum atomic E-state index is 0.151. The van der Waals surface area contributed by atoms with Crippen LogP contribution in [0.3, 0.4) is 0 Å². The van der Waals surface area contributed by atoms with Gasteiger partial charge in [-0.3, -0.25) is 4.90 Å². The highest BCUT2D eigenvalue weighted by Crippen LogP contribution is 2.42. The first kappa shape index (κ1) is 13.6. The van der Waals surface area contributed by atoms with Gasteiger partial charge in [0.05, 0.1) is 13.7 Å². The van der Waals surface area contributed by atoms with E-state index in [1.54, 1.807) is 14.2 Å². The van der Waals surface area contributed by atoms with Crippen LogP contribution in [0.1, 0.15) is 17.2 Å². The zero-order valence-corrected chi connectivity index (χ0v) is 11.5. The predicted octanol–water partition coefficient (Wildman–Crippen LogP) is 1.81. The van der Waals surface area contributed by atoms with Crippen molar-refractivity contribution in [3.8, 4) is 5.75 Å². The van der Waals surface area contributed by atoms with Crippen molar-refractivity contribution in [3.63, 3.8) is 0 Å². The summed E-state index contributed by atoms with van der Waals surface area (Å²) in [5, 5.41) is 0.765. The van der Waals surface area contributed by atoms with Crippen LogP contribution in [0.25, 0.3) is 0 Å². The molecule has 0 saturated heterocycles. The van der Waals surface area contributed by atoms with Gasteiger partial charge < -0.3 is 15.2 Å². The maximum atomic E-state index is 6.30. The van der Waals surface area contributed by atoms with Gasteiger partial charge in [-0.2, -0.15) is 0 Å². The van der Waals surface area contributed by atoms with Crippen LogP contribution in [-0.4, -0.2) is 38.8 Å². The van der Waals surface area contributed by atoms with Gasteiger partial charge in [-0.25, -0.2) is 0 Å². The van der Waals surface area contributed by atoms with Crippen LogP contribution in [-0.2, 0) is 11.3 Å². The topological polar surface area (TPSA) is 47.7 Å². The predicted molar refractivity (Wildman–Crippen MR) is 72.1 cm³/mol. The number of nitrogens with zero attached hydrogens (tertiary/aromatic N) is 1. The smallest absolute Gasteiger partial charge is 0.123 e. The zero-order valence-electron chi connectivity index (χ0n) is 10.8. The number of ether oxygens (including phenoxy) is 2. The molecule has 0 radical (unpaired) electrons. The standard InChI is InChI=1S/C13H19ClN2O2/c1-17-6-5-16-8-9-12(18-2)4-3-10(14)13(9)11(16)7-15/h3-4,11H,5-8,15H2,1-2H3. The number of halogens is 1. The highest BCUT2D eigenvalue weighted by atomic mass is 35.5. The van der Waals surface area contributed by atoms with E-state index in [1.807, 2.05) is 12.1 Å². The Hall–Kier alpha value is -0.810. The van der Waals surface area contributed by atoms with E-state index < -0.39 is 0 Å². The molecule has 1 aromatic carbocycles. The van der Waals surface area contributed by atoms with E-state index in [1.165, 1.54) is 0 Å². The van der Waals surface area contributed by atoms with Crippen molar-refractivity contribution in [2.24, 2.45) is 5.73 Å². The molecule has 0 bridgehead atoms. The molecule has 2 N–H and O–H groups in total. The van der Waals surface area contributed by atoms with Gasteiger partial charge in [0, 0.05) is 43.4 Å². The van der Waals surface area contributed by atoms with Crippen molar-refractivity contribution in [2.45, 2.75) is 12.6 Å². The summed E-state index contributed by atoms with van der Waals surface area (Å²) in [4.78, 5) is 2.28. The van der Waals surface area contributed by atoms with Gasteiger partial charge >= 0.3 is 0 Å². The summed E-state index contributed by atoms with van der Waals surface area (Å²) in [6.07, 6.45) is 0. The second kappa shape index (κ2) is 5.89. The Morgan fingerprint density at radius 2 is 2.22 bits per heavy atom. The second-order valence-corrected chi connectivity index (χ2v) is 4.76. The largest absolute Gasteiger partial charge is 0.496 e. The minimum Gasteiger partial charge on any atom is -0.496 e. The lowest BCUT2D eigenvalue weighted by atomic mass is 10.0. The minimum absolute atomic E-state index is 0.151. The number of hydrogen-bond acceptors (Lipinski definition) is 4. The summed E-state index contributed by atoms with van der Waals surface area (Å²) < 4.78 is 10.5. The highest BCUT2D eigenvalue weighted by molar-refractivity contribution is 6.31. The van der Waals surface area contributed by atoms with Gasteiger partial charge in [0.2, 0.25) is 0 Å². The van der Waals surface area contributed by atoms with Gasteiger partial charge in [-0.15, -0.1) is 0 Å². The molecule has 1 unspecified atom stereocenters. The number of methoxy groups -OCH3 is 2. The number of fused-ring (bicyclic) bond motifs is 1. The average molecular weight is 271 g/mol. The summed E-state index contributed by atoms with van der Waals surface area (Å²) in [5.74, 6) is 0.882.